The van der Waals surface area contributed by atoms with E-state index in [-0.39, 0.29) is 0 Å². The molecule has 0 N–H and O–H groups in total. The minimum absolute atomic E-state index is 0.569. The van der Waals surface area contributed by atoms with E-state index in [9.17, 15) is 8.78 Å². The molecule has 0 aliphatic carbocycles. The normalized spacial score (nSPS) is 11.1. The van der Waals surface area contributed by atoms with E-state index < -0.39 is 5.76 Å². The van der Waals surface area contributed by atoms with E-state index in [4.69, 9.17) is 0 Å². The van der Waals surface area contributed by atoms with Gasteiger partial charge in [0.1, 0.15) is 0 Å². The minimum atomic E-state index is -2.36. The summed E-state index contributed by atoms with van der Waals surface area (Å²) in [5, 5.41) is 0.945. The van der Waals surface area contributed by atoms with Gasteiger partial charge in [-0.05, 0) is 17.7 Å². The van der Waals surface area contributed by atoms with Crippen molar-refractivity contribution in [1.29, 1.82) is 0 Å². The predicted molar refractivity (Wildman–Crippen MR) is 71.1 cm³/mol. The molecule has 6 heteroatoms. The molecular formula is C12H12F2N2S2. The standard InChI is InChI=1S/C12H12F2N2S2/c1-16-7-6-15-12(16)17-8-9-2-4-10(5-3-9)18-11(13)14/h2-7,11H,8H2,1H3. The van der Waals surface area contributed by atoms with Crippen LogP contribution in [0.5, 0.6) is 0 Å². The number of nitrogens with zero attached hydrogens (tertiary/aromatic N) is 2. The van der Waals surface area contributed by atoms with Gasteiger partial charge in [-0.25, -0.2) is 4.98 Å². The second-order valence-electron chi connectivity index (χ2n) is 3.63. The van der Waals surface area contributed by atoms with Crippen molar-refractivity contribution in [3.8, 4) is 0 Å². The van der Waals surface area contributed by atoms with Gasteiger partial charge in [-0.1, -0.05) is 35.7 Å². The van der Waals surface area contributed by atoms with Crippen LogP contribution in [-0.2, 0) is 12.8 Å². The highest BCUT2D eigenvalue weighted by Gasteiger charge is 2.05. The highest BCUT2D eigenvalue weighted by molar-refractivity contribution is 7.99. The number of rotatable bonds is 5. The number of benzene rings is 1. The Bertz CT molecular complexity index is 497. The van der Waals surface area contributed by atoms with Crippen molar-refractivity contribution in [3.05, 3.63) is 42.2 Å². The van der Waals surface area contributed by atoms with Crippen molar-refractivity contribution in [2.45, 2.75) is 21.6 Å². The third-order valence-electron chi connectivity index (χ3n) is 2.29. The van der Waals surface area contributed by atoms with Gasteiger partial charge in [-0.15, -0.1) is 0 Å². The van der Waals surface area contributed by atoms with E-state index in [0.717, 1.165) is 16.5 Å². The zero-order chi connectivity index (χ0) is 13.0. The molecule has 0 aliphatic rings. The van der Waals surface area contributed by atoms with Crippen LogP contribution in [0.3, 0.4) is 0 Å². The van der Waals surface area contributed by atoms with Gasteiger partial charge < -0.3 is 4.57 Å². The second-order valence-corrected chi connectivity index (χ2v) is 5.64. The number of aryl methyl sites for hydroxylation is 1. The van der Waals surface area contributed by atoms with Crippen LogP contribution in [0.25, 0.3) is 0 Å². The lowest BCUT2D eigenvalue weighted by molar-refractivity contribution is 0.252. The molecule has 2 rings (SSSR count). The lowest BCUT2D eigenvalue weighted by atomic mass is 10.2. The topological polar surface area (TPSA) is 17.8 Å². The SMILES string of the molecule is Cn1ccnc1SCc1ccc(SC(F)F)cc1. The lowest BCUT2D eigenvalue weighted by Crippen LogP contribution is -1.90. The Kier molecular flexibility index (Phi) is 4.66. The predicted octanol–water partition coefficient (Wildman–Crippen LogP) is 4.03. The Morgan fingerprint density at radius 2 is 2.00 bits per heavy atom. The average Bonchev–Trinajstić information content (AvgIpc) is 2.73. The van der Waals surface area contributed by atoms with Gasteiger partial charge in [0.2, 0.25) is 0 Å². The molecule has 2 aromatic rings. The Labute approximate surface area is 113 Å². The second kappa shape index (κ2) is 6.24. The van der Waals surface area contributed by atoms with Gasteiger partial charge in [-0.2, -0.15) is 8.78 Å². The van der Waals surface area contributed by atoms with Crippen LogP contribution in [0.15, 0.2) is 46.7 Å². The maximum absolute atomic E-state index is 12.1. The summed E-state index contributed by atoms with van der Waals surface area (Å²) in [5.74, 6) is -1.58. The Morgan fingerprint density at radius 3 is 2.56 bits per heavy atom. The van der Waals surface area contributed by atoms with Gasteiger partial charge in [0.25, 0.3) is 5.76 Å². The maximum Gasteiger partial charge on any atom is 0.288 e. The van der Waals surface area contributed by atoms with Crippen LogP contribution in [-0.4, -0.2) is 15.3 Å². The van der Waals surface area contributed by atoms with Gasteiger partial charge in [-0.3, -0.25) is 0 Å². The summed E-state index contributed by atoms with van der Waals surface area (Å²) in [6, 6.07) is 7.21. The number of halogens is 2. The molecule has 1 aromatic heterocycles. The van der Waals surface area contributed by atoms with Crippen LogP contribution < -0.4 is 0 Å². The van der Waals surface area contributed by atoms with Crippen molar-refractivity contribution in [2.75, 3.05) is 0 Å². The number of imidazole rings is 1. The Balaban J connectivity index is 1.92. The summed E-state index contributed by atoms with van der Waals surface area (Å²) in [6.45, 7) is 0. The fourth-order valence-electron chi connectivity index (χ4n) is 1.41. The van der Waals surface area contributed by atoms with Crippen LogP contribution in [0.2, 0.25) is 0 Å². The lowest BCUT2D eigenvalue weighted by Gasteiger charge is -2.04. The van der Waals surface area contributed by atoms with Crippen LogP contribution in [0.1, 0.15) is 5.56 Å². The Hall–Kier alpha value is -1.01. The zero-order valence-electron chi connectivity index (χ0n) is 9.72. The number of aromatic nitrogens is 2. The number of hydrogen-bond donors (Lipinski definition) is 0. The Morgan fingerprint density at radius 1 is 1.28 bits per heavy atom. The van der Waals surface area contributed by atoms with Gasteiger partial charge >= 0.3 is 0 Å². The smallest absolute Gasteiger partial charge is 0.288 e. The summed E-state index contributed by atoms with van der Waals surface area (Å²) in [5.41, 5.74) is 1.10. The molecule has 18 heavy (non-hydrogen) atoms. The molecule has 0 saturated carbocycles. The first-order valence-electron chi connectivity index (χ1n) is 5.29. The van der Waals surface area contributed by atoms with Crippen molar-refractivity contribution in [1.82, 2.24) is 9.55 Å². The summed E-state index contributed by atoms with van der Waals surface area (Å²) < 4.78 is 26.2. The summed E-state index contributed by atoms with van der Waals surface area (Å²) in [4.78, 5) is 4.80. The van der Waals surface area contributed by atoms with E-state index in [0.29, 0.717) is 16.7 Å². The molecule has 0 fully saturated rings. The number of hydrogen-bond acceptors (Lipinski definition) is 3. The molecule has 2 nitrogen and oxygen atoms in total. The minimum Gasteiger partial charge on any atom is -0.329 e. The summed E-state index contributed by atoms with van der Waals surface area (Å²) in [6.07, 6.45) is 3.65. The molecule has 1 heterocycles. The van der Waals surface area contributed by atoms with Gasteiger partial charge in [0.05, 0.1) is 0 Å². The van der Waals surface area contributed by atoms with Crippen LogP contribution in [0, 0.1) is 0 Å². The van der Waals surface area contributed by atoms with Gasteiger partial charge in [0, 0.05) is 30.1 Å². The highest BCUT2D eigenvalue weighted by atomic mass is 32.2. The van der Waals surface area contributed by atoms with Crippen LogP contribution >= 0.6 is 23.5 Å². The molecule has 0 spiro atoms. The van der Waals surface area contributed by atoms with E-state index in [1.54, 1.807) is 30.1 Å². The van der Waals surface area contributed by atoms with Crippen molar-refractivity contribution < 1.29 is 8.78 Å². The van der Waals surface area contributed by atoms with Gasteiger partial charge in [0.15, 0.2) is 5.16 Å². The van der Waals surface area contributed by atoms with Crippen molar-refractivity contribution >= 4 is 23.5 Å². The molecule has 1 aromatic carbocycles. The molecular weight excluding hydrogens is 274 g/mol. The van der Waals surface area contributed by atoms with E-state index in [2.05, 4.69) is 4.98 Å². The third-order valence-corrected chi connectivity index (χ3v) is 4.15. The molecule has 0 radical (unpaired) electrons. The largest absolute Gasteiger partial charge is 0.329 e. The molecule has 0 unspecified atom stereocenters. The molecule has 0 bridgehead atoms. The first kappa shape index (κ1) is 13.4. The summed E-state index contributed by atoms with van der Waals surface area (Å²) in [7, 11) is 1.94. The summed E-state index contributed by atoms with van der Waals surface area (Å²) >= 11 is 2.19. The fourth-order valence-corrected chi connectivity index (χ4v) is 2.79. The first-order valence-corrected chi connectivity index (χ1v) is 7.15. The average molecular weight is 286 g/mol. The molecule has 0 saturated heterocycles. The monoisotopic (exact) mass is 286 g/mol. The highest BCUT2D eigenvalue weighted by Crippen LogP contribution is 2.27. The zero-order valence-corrected chi connectivity index (χ0v) is 11.3. The van der Waals surface area contributed by atoms with Crippen molar-refractivity contribution in [3.63, 3.8) is 0 Å². The number of alkyl halides is 2. The fraction of sp³-hybridized carbons (Fsp3) is 0.250. The van der Waals surface area contributed by atoms with E-state index in [1.807, 2.05) is 29.9 Å². The quantitative estimate of drug-likeness (QED) is 0.773. The van der Waals surface area contributed by atoms with Crippen molar-refractivity contribution in [2.24, 2.45) is 7.05 Å². The van der Waals surface area contributed by atoms with E-state index in [1.165, 1.54) is 0 Å². The molecule has 0 amide bonds. The van der Waals surface area contributed by atoms with Crippen LogP contribution in [0.4, 0.5) is 8.78 Å². The molecule has 96 valence electrons. The maximum atomic E-state index is 12.1. The molecule has 0 atom stereocenters. The van der Waals surface area contributed by atoms with E-state index >= 15 is 0 Å². The number of thioether (sulfide) groups is 2. The molecule has 0 aliphatic heterocycles. The third kappa shape index (κ3) is 3.74. The first-order chi connectivity index (χ1) is 8.65.